The Morgan fingerprint density at radius 2 is 2.05 bits per heavy atom. The summed E-state index contributed by atoms with van der Waals surface area (Å²) < 4.78 is 7.54. The number of hydrogen-bond acceptors (Lipinski definition) is 4. The summed E-state index contributed by atoms with van der Waals surface area (Å²) in [5.74, 6) is 0. The number of aliphatic hydroxyl groups is 1. The molecule has 2 fully saturated rings. The summed E-state index contributed by atoms with van der Waals surface area (Å²) in [6.45, 7) is 2.34. The zero-order valence-electron chi connectivity index (χ0n) is 12.8. The van der Waals surface area contributed by atoms with Crippen LogP contribution in [0.4, 0.5) is 0 Å². The first kappa shape index (κ1) is 15.0. The minimum absolute atomic E-state index is 0.166. The van der Waals surface area contributed by atoms with Crippen molar-refractivity contribution in [2.75, 3.05) is 19.8 Å². The lowest BCUT2D eigenvalue weighted by molar-refractivity contribution is 0.0110. The van der Waals surface area contributed by atoms with Crippen LogP contribution in [0.15, 0.2) is 12.3 Å². The summed E-state index contributed by atoms with van der Waals surface area (Å²) >= 11 is 0. The Kier molecular flexibility index (Phi) is 4.93. The quantitative estimate of drug-likeness (QED) is 0.872. The fourth-order valence-electron chi connectivity index (χ4n) is 3.45. The summed E-state index contributed by atoms with van der Waals surface area (Å²) in [7, 11) is 0. The average Bonchev–Trinajstić information content (AvgIpc) is 3.04. The Bertz CT molecular complexity index is 434. The molecule has 5 nitrogen and oxygen atoms in total. The molecule has 1 aliphatic carbocycles. The van der Waals surface area contributed by atoms with Crippen molar-refractivity contribution in [2.24, 2.45) is 0 Å². The van der Waals surface area contributed by atoms with Gasteiger partial charge in [-0.15, -0.1) is 0 Å². The van der Waals surface area contributed by atoms with Crippen LogP contribution in [0.5, 0.6) is 0 Å². The molecule has 0 aromatic carbocycles. The minimum Gasteiger partial charge on any atom is -0.394 e. The van der Waals surface area contributed by atoms with Gasteiger partial charge in [-0.3, -0.25) is 4.68 Å². The van der Waals surface area contributed by atoms with E-state index < -0.39 is 0 Å². The molecule has 2 heterocycles. The van der Waals surface area contributed by atoms with Crippen molar-refractivity contribution in [3.8, 4) is 0 Å². The van der Waals surface area contributed by atoms with Crippen molar-refractivity contribution >= 4 is 0 Å². The van der Waals surface area contributed by atoms with Crippen LogP contribution >= 0.6 is 0 Å². The number of hydrogen-bond donors (Lipinski definition) is 2. The second kappa shape index (κ2) is 6.90. The van der Waals surface area contributed by atoms with E-state index in [-0.39, 0.29) is 12.1 Å². The van der Waals surface area contributed by atoms with Crippen LogP contribution in [0.3, 0.4) is 0 Å². The van der Waals surface area contributed by atoms with Gasteiger partial charge >= 0.3 is 0 Å². The first-order valence-electron chi connectivity index (χ1n) is 8.29. The molecule has 118 valence electrons. The highest BCUT2D eigenvalue weighted by Crippen LogP contribution is 2.27. The van der Waals surface area contributed by atoms with Crippen molar-refractivity contribution < 1.29 is 9.84 Å². The van der Waals surface area contributed by atoms with Gasteiger partial charge in [-0.1, -0.05) is 19.3 Å². The molecule has 5 heteroatoms. The highest BCUT2D eigenvalue weighted by Gasteiger charge is 2.31. The molecule has 2 aliphatic rings. The van der Waals surface area contributed by atoms with Gasteiger partial charge < -0.3 is 15.2 Å². The Morgan fingerprint density at radius 3 is 2.76 bits per heavy atom. The third-order valence-corrected chi connectivity index (χ3v) is 5.01. The van der Waals surface area contributed by atoms with Crippen LogP contribution in [-0.4, -0.2) is 40.2 Å². The molecule has 0 amide bonds. The van der Waals surface area contributed by atoms with E-state index in [0.29, 0.717) is 6.04 Å². The van der Waals surface area contributed by atoms with Gasteiger partial charge in [0.2, 0.25) is 0 Å². The monoisotopic (exact) mass is 293 g/mol. The number of nitrogens with one attached hydrogen (secondary N) is 1. The fraction of sp³-hybridized carbons (Fsp3) is 0.812. The lowest BCUT2D eigenvalue weighted by atomic mass is 9.91. The van der Waals surface area contributed by atoms with Crippen molar-refractivity contribution in [3.63, 3.8) is 0 Å². The Hall–Kier alpha value is -0.910. The van der Waals surface area contributed by atoms with Crippen LogP contribution in [0, 0.1) is 0 Å². The summed E-state index contributed by atoms with van der Waals surface area (Å²) in [6.07, 6.45) is 10.4. The lowest BCUT2D eigenvalue weighted by Gasteiger charge is -2.36. The summed E-state index contributed by atoms with van der Waals surface area (Å²) in [5.41, 5.74) is 0.882. The second-order valence-corrected chi connectivity index (χ2v) is 6.48. The molecule has 1 saturated heterocycles. The van der Waals surface area contributed by atoms with Gasteiger partial charge in [-0.05, 0) is 31.7 Å². The van der Waals surface area contributed by atoms with Gasteiger partial charge in [0.1, 0.15) is 0 Å². The molecular weight excluding hydrogens is 266 g/mol. The molecule has 1 saturated carbocycles. The predicted molar refractivity (Wildman–Crippen MR) is 81.1 cm³/mol. The summed E-state index contributed by atoms with van der Waals surface area (Å²) in [4.78, 5) is 0. The van der Waals surface area contributed by atoms with Crippen molar-refractivity contribution in [2.45, 2.75) is 63.1 Å². The SMILES string of the molecule is OCC1(NCc2ccn(C3CCCCC3)n2)CCOCC1. The zero-order valence-corrected chi connectivity index (χ0v) is 12.8. The van der Waals surface area contributed by atoms with Gasteiger partial charge in [0.15, 0.2) is 0 Å². The molecule has 0 atom stereocenters. The number of aliphatic hydroxyl groups excluding tert-OH is 1. The third kappa shape index (κ3) is 3.65. The van der Waals surface area contributed by atoms with Crippen LogP contribution < -0.4 is 5.32 Å². The summed E-state index contributed by atoms with van der Waals surface area (Å²) in [5, 5.41) is 17.9. The number of rotatable bonds is 5. The first-order chi connectivity index (χ1) is 10.3. The Morgan fingerprint density at radius 1 is 1.29 bits per heavy atom. The van der Waals surface area contributed by atoms with E-state index >= 15 is 0 Å². The van der Waals surface area contributed by atoms with E-state index in [1.54, 1.807) is 0 Å². The molecule has 21 heavy (non-hydrogen) atoms. The standard InChI is InChI=1S/C16H27N3O2/c20-13-16(7-10-21-11-8-16)17-12-14-6-9-19(18-14)15-4-2-1-3-5-15/h6,9,15,17,20H,1-5,7-8,10-13H2. The third-order valence-electron chi connectivity index (χ3n) is 5.01. The van der Waals surface area contributed by atoms with Gasteiger partial charge in [-0.2, -0.15) is 5.10 Å². The van der Waals surface area contributed by atoms with Crippen LogP contribution in [-0.2, 0) is 11.3 Å². The average molecular weight is 293 g/mol. The number of ether oxygens (including phenoxy) is 1. The maximum atomic E-state index is 9.68. The molecular formula is C16H27N3O2. The maximum Gasteiger partial charge on any atom is 0.0762 e. The molecule has 0 radical (unpaired) electrons. The zero-order chi connectivity index (χ0) is 14.5. The topological polar surface area (TPSA) is 59.3 Å². The highest BCUT2D eigenvalue weighted by atomic mass is 16.5. The first-order valence-corrected chi connectivity index (χ1v) is 8.29. The Balaban J connectivity index is 1.56. The van der Waals surface area contributed by atoms with Crippen molar-refractivity contribution in [1.29, 1.82) is 0 Å². The lowest BCUT2D eigenvalue weighted by Crippen LogP contribution is -2.51. The summed E-state index contributed by atoms with van der Waals surface area (Å²) in [6, 6.07) is 2.69. The molecule has 3 rings (SSSR count). The smallest absolute Gasteiger partial charge is 0.0762 e. The molecule has 0 spiro atoms. The van der Waals surface area contributed by atoms with E-state index in [1.165, 1.54) is 32.1 Å². The largest absolute Gasteiger partial charge is 0.394 e. The second-order valence-electron chi connectivity index (χ2n) is 6.48. The molecule has 2 N–H and O–H groups in total. The van der Waals surface area contributed by atoms with Crippen molar-refractivity contribution in [3.05, 3.63) is 18.0 Å². The van der Waals surface area contributed by atoms with E-state index in [1.807, 2.05) is 0 Å². The Labute approximate surface area is 126 Å². The van der Waals surface area contributed by atoms with Crippen LogP contribution in [0.1, 0.15) is 56.7 Å². The highest BCUT2D eigenvalue weighted by molar-refractivity contribution is 5.02. The molecule has 1 aromatic rings. The number of aromatic nitrogens is 2. The van der Waals surface area contributed by atoms with Gasteiger partial charge in [0.25, 0.3) is 0 Å². The number of nitrogens with zero attached hydrogens (tertiary/aromatic N) is 2. The maximum absolute atomic E-state index is 9.68. The van der Waals surface area contributed by atoms with Crippen LogP contribution in [0.25, 0.3) is 0 Å². The van der Waals surface area contributed by atoms with E-state index in [9.17, 15) is 5.11 Å². The van der Waals surface area contributed by atoms with E-state index in [2.05, 4.69) is 22.3 Å². The van der Waals surface area contributed by atoms with E-state index in [0.717, 1.165) is 38.3 Å². The van der Waals surface area contributed by atoms with Crippen molar-refractivity contribution in [1.82, 2.24) is 15.1 Å². The minimum atomic E-state index is -0.188. The predicted octanol–water partition coefficient (Wildman–Crippen LogP) is 2.02. The molecule has 1 aliphatic heterocycles. The fourth-order valence-corrected chi connectivity index (χ4v) is 3.45. The van der Waals surface area contributed by atoms with Gasteiger partial charge in [0, 0.05) is 31.5 Å². The molecule has 0 unspecified atom stereocenters. The van der Waals surface area contributed by atoms with Gasteiger partial charge in [-0.25, -0.2) is 0 Å². The molecule has 1 aromatic heterocycles. The molecule has 0 bridgehead atoms. The van der Waals surface area contributed by atoms with E-state index in [4.69, 9.17) is 9.84 Å². The normalized spacial score (nSPS) is 23.3. The van der Waals surface area contributed by atoms with Gasteiger partial charge in [0.05, 0.1) is 18.3 Å². The van der Waals surface area contributed by atoms with Crippen LogP contribution in [0.2, 0.25) is 0 Å².